The highest BCUT2D eigenvalue weighted by Gasteiger charge is 2.30. The van der Waals surface area contributed by atoms with E-state index in [1.54, 1.807) is 26.0 Å². The van der Waals surface area contributed by atoms with E-state index in [1.165, 1.54) is 14.2 Å². The molecule has 0 saturated heterocycles. The lowest BCUT2D eigenvalue weighted by Crippen LogP contribution is -2.26. The Hall–Kier alpha value is -1.42. The molecule has 0 aliphatic carbocycles. The van der Waals surface area contributed by atoms with E-state index in [1.807, 2.05) is 0 Å². The number of carboxylic acid groups (broad SMARTS) is 1. The summed E-state index contributed by atoms with van der Waals surface area (Å²) < 4.78 is 10.5. The monoisotopic (exact) mass is 272 g/mol. The topological polar surface area (TPSA) is 55.8 Å². The second-order valence-corrected chi connectivity index (χ2v) is 5.03. The molecule has 1 rings (SSSR count). The third-order valence-electron chi connectivity index (χ3n) is 2.79. The number of methoxy groups -OCH3 is 2. The second kappa shape index (κ2) is 5.48. The van der Waals surface area contributed by atoms with Gasteiger partial charge in [0.1, 0.15) is 11.5 Å². The first kappa shape index (κ1) is 14.6. The summed E-state index contributed by atoms with van der Waals surface area (Å²) in [6.07, 6.45) is 0.273. The lowest BCUT2D eigenvalue weighted by atomic mass is 9.85. The van der Waals surface area contributed by atoms with Crippen LogP contribution in [0.25, 0.3) is 0 Å². The average Bonchev–Trinajstić information content (AvgIpc) is 2.29. The Labute approximate surface area is 111 Å². The molecule has 5 heteroatoms. The summed E-state index contributed by atoms with van der Waals surface area (Å²) in [5, 5.41) is 9.62. The molecule has 0 atom stereocenters. The van der Waals surface area contributed by atoms with Gasteiger partial charge >= 0.3 is 5.97 Å². The fraction of sp³-hybridized carbons (Fsp3) is 0.462. The van der Waals surface area contributed by atoms with E-state index < -0.39 is 11.4 Å². The van der Waals surface area contributed by atoms with Crippen molar-refractivity contribution in [1.29, 1.82) is 0 Å². The van der Waals surface area contributed by atoms with E-state index in [0.29, 0.717) is 22.1 Å². The van der Waals surface area contributed by atoms with E-state index in [2.05, 4.69) is 0 Å². The van der Waals surface area contributed by atoms with Crippen LogP contribution in [0.5, 0.6) is 11.5 Å². The number of halogens is 1. The van der Waals surface area contributed by atoms with Crippen LogP contribution in [0.3, 0.4) is 0 Å². The number of aliphatic carboxylic acids is 1. The molecule has 0 aliphatic rings. The minimum Gasteiger partial charge on any atom is -0.496 e. The molecule has 0 radical (unpaired) electrons. The van der Waals surface area contributed by atoms with Crippen molar-refractivity contribution < 1.29 is 19.4 Å². The minimum absolute atomic E-state index is 0.273. The van der Waals surface area contributed by atoms with Crippen LogP contribution in [-0.2, 0) is 11.2 Å². The molecule has 1 aromatic carbocycles. The predicted molar refractivity (Wildman–Crippen MR) is 69.7 cm³/mol. The van der Waals surface area contributed by atoms with Crippen LogP contribution in [0.2, 0.25) is 5.02 Å². The molecule has 1 aromatic rings. The maximum atomic E-state index is 11.2. The van der Waals surface area contributed by atoms with Crippen LogP contribution < -0.4 is 9.47 Å². The second-order valence-electron chi connectivity index (χ2n) is 4.63. The third-order valence-corrected chi connectivity index (χ3v) is 3.09. The van der Waals surface area contributed by atoms with E-state index in [0.717, 1.165) is 0 Å². The van der Waals surface area contributed by atoms with Gasteiger partial charge in [-0.1, -0.05) is 11.6 Å². The number of hydrogen-bond donors (Lipinski definition) is 1. The molecule has 0 saturated carbocycles. The number of carboxylic acids is 1. The van der Waals surface area contributed by atoms with Crippen molar-refractivity contribution in [2.45, 2.75) is 20.3 Å². The van der Waals surface area contributed by atoms with E-state index in [9.17, 15) is 9.90 Å². The fourth-order valence-corrected chi connectivity index (χ4v) is 1.93. The zero-order chi connectivity index (χ0) is 13.9. The molecule has 0 aliphatic heterocycles. The van der Waals surface area contributed by atoms with Gasteiger partial charge in [-0.2, -0.15) is 0 Å². The van der Waals surface area contributed by atoms with Gasteiger partial charge in [0.2, 0.25) is 0 Å². The van der Waals surface area contributed by atoms with Crippen LogP contribution in [0.1, 0.15) is 19.4 Å². The number of carbonyl (C=O) groups is 1. The molecule has 0 amide bonds. The predicted octanol–water partition coefficient (Wildman–Crippen LogP) is 3.01. The molecule has 0 heterocycles. The summed E-state index contributed by atoms with van der Waals surface area (Å²) in [6.45, 7) is 3.30. The maximum Gasteiger partial charge on any atom is 0.309 e. The van der Waals surface area contributed by atoms with E-state index in [4.69, 9.17) is 21.1 Å². The van der Waals surface area contributed by atoms with Crippen molar-refractivity contribution in [2.75, 3.05) is 14.2 Å². The van der Waals surface area contributed by atoms with Gasteiger partial charge in [-0.25, -0.2) is 0 Å². The Morgan fingerprint density at radius 2 is 1.94 bits per heavy atom. The lowest BCUT2D eigenvalue weighted by molar-refractivity contribution is -0.146. The first-order valence-corrected chi connectivity index (χ1v) is 5.84. The minimum atomic E-state index is -0.925. The van der Waals surface area contributed by atoms with Gasteiger partial charge in [0.05, 0.1) is 24.7 Å². The summed E-state index contributed by atoms with van der Waals surface area (Å²) >= 11 is 6.04. The Balaban J connectivity index is 3.29. The number of rotatable bonds is 5. The smallest absolute Gasteiger partial charge is 0.309 e. The zero-order valence-electron chi connectivity index (χ0n) is 10.9. The van der Waals surface area contributed by atoms with Crippen LogP contribution in [-0.4, -0.2) is 25.3 Å². The van der Waals surface area contributed by atoms with E-state index in [-0.39, 0.29) is 6.42 Å². The van der Waals surface area contributed by atoms with Crippen molar-refractivity contribution in [1.82, 2.24) is 0 Å². The first-order valence-electron chi connectivity index (χ1n) is 5.46. The van der Waals surface area contributed by atoms with Gasteiger partial charge in [-0.15, -0.1) is 0 Å². The van der Waals surface area contributed by atoms with Gasteiger partial charge in [0.15, 0.2) is 0 Å². The van der Waals surface area contributed by atoms with Gasteiger partial charge in [0.25, 0.3) is 0 Å². The van der Waals surface area contributed by atoms with Gasteiger partial charge in [0, 0.05) is 5.56 Å². The molecule has 0 fully saturated rings. The summed E-state index contributed by atoms with van der Waals surface area (Å²) in [5.41, 5.74) is -0.259. The summed E-state index contributed by atoms with van der Waals surface area (Å²) in [7, 11) is 3.03. The molecule has 0 unspecified atom stereocenters. The average molecular weight is 273 g/mol. The van der Waals surface area contributed by atoms with Crippen molar-refractivity contribution in [3.05, 3.63) is 22.7 Å². The third kappa shape index (κ3) is 2.88. The lowest BCUT2D eigenvalue weighted by Gasteiger charge is -2.22. The molecule has 4 nitrogen and oxygen atoms in total. The number of benzene rings is 1. The summed E-state index contributed by atoms with van der Waals surface area (Å²) in [4.78, 5) is 11.2. The Kier molecular flexibility index (Phi) is 4.46. The molecule has 100 valence electrons. The van der Waals surface area contributed by atoms with E-state index >= 15 is 0 Å². The maximum absolute atomic E-state index is 11.2. The standard InChI is InChI=1S/C13H17ClO4/c1-13(2,12(15)16)7-8-10(17-3)6-5-9(14)11(8)18-4/h5-6H,7H2,1-4H3,(H,15,16). The molecular weight excluding hydrogens is 256 g/mol. The Morgan fingerprint density at radius 1 is 1.33 bits per heavy atom. The largest absolute Gasteiger partial charge is 0.496 e. The van der Waals surface area contributed by atoms with Crippen molar-refractivity contribution in [3.8, 4) is 11.5 Å². The summed E-state index contributed by atoms with van der Waals surface area (Å²) in [6, 6.07) is 3.37. The first-order chi connectivity index (χ1) is 8.33. The quantitative estimate of drug-likeness (QED) is 0.895. The molecular formula is C13H17ClO4. The van der Waals surface area contributed by atoms with Gasteiger partial charge in [-0.3, -0.25) is 4.79 Å². The van der Waals surface area contributed by atoms with Crippen LogP contribution in [0, 0.1) is 5.41 Å². The normalized spacial score (nSPS) is 11.2. The van der Waals surface area contributed by atoms with Crippen molar-refractivity contribution >= 4 is 17.6 Å². The number of hydrogen-bond acceptors (Lipinski definition) is 3. The molecule has 1 N–H and O–H groups in total. The molecule has 0 aromatic heterocycles. The highest BCUT2D eigenvalue weighted by atomic mass is 35.5. The SMILES string of the molecule is COc1ccc(Cl)c(OC)c1CC(C)(C)C(=O)O. The van der Waals surface area contributed by atoms with Gasteiger partial charge < -0.3 is 14.6 Å². The van der Waals surface area contributed by atoms with Crippen molar-refractivity contribution in [3.63, 3.8) is 0 Å². The van der Waals surface area contributed by atoms with Crippen LogP contribution in [0.15, 0.2) is 12.1 Å². The zero-order valence-corrected chi connectivity index (χ0v) is 11.7. The molecule has 18 heavy (non-hydrogen) atoms. The van der Waals surface area contributed by atoms with Crippen LogP contribution >= 0.6 is 11.6 Å². The number of ether oxygens (including phenoxy) is 2. The fourth-order valence-electron chi connectivity index (χ4n) is 1.68. The molecule has 0 bridgehead atoms. The van der Waals surface area contributed by atoms with Crippen LogP contribution in [0.4, 0.5) is 0 Å². The Morgan fingerprint density at radius 3 is 2.39 bits per heavy atom. The van der Waals surface area contributed by atoms with Gasteiger partial charge in [-0.05, 0) is 32.4 Å². The summed E-state index contributed by atoms with van der Waals surface area (Å²) in [5.74, 6) is 0.155. The highest BCUT2D eigenvalue weighted by Crippen LogP contribution is 2.39. The highest BCUT2D eigenvalue weighted by molar-refractivity contribution is 6.32. The van der Waals surface area contributed by atoms with Crippen molar-refractivity contribution in [2.24, 2.45) is 5.41 Å². The molecule has 0 spiro atoms. The Bertz CT molecular complexity index is 455.